The molecule has 0 aliphatic carbocycles. The van der Waals surface area contributed by atoms with E-state index in [0.717, 1.165) is 22.4 Å². The fourth-order valence-corrected chi connectivity index (χ4v) is 4.94. The van der Waals surface area contributed by atoms with Crippen molar-refractivity contribution in [2.75, 3.05) is 13.2 Å². The van der Waals surface area contributed by atoms with Crippen LogP contribution in [0.2, 0.25) is 5.02 Å². The third-order valence-corrected chi connectivity index (χ3v) is 6.69. The lowest BCUT2D eigenvalue weighted by atomic mass is 10.1. The number of nitrogens with zero attached hydrogens (tertiary/aromatic N) is 4. The summed E-state index contributed by atoms with van der Waals surface area (Å²) in [5.41, 5.74) is 3.82. The summed E-state index contributed by atoms with van der Waals surface area (Å²) in [5.74, 6) is 0.737. The Kier molecular flexibility index (Phi) is 7.07. The Morgan fingerprint density at radius 3 is 2.59 bits per heavy atom. The van der Waals surface area contributed by atoms with Crippen LogP contribution in [-0.4, -0.2) is 45.2 Å². The van der Waals surface area contributed by atoms with E-state index in [9.17, 15) is 4.79 Å². The second kappa shape index (κ2) is 10.6. The number of hydrazone groups is 1. The van der Waals surface area contributed by atoms with Crippen LogP contribution in [0.4, 0.5) is 0 Å². The Labute approximate surface area is 223 Å². The molecule has 1 aromatic heterocycles. The number of aryl methyl sites for hydroxylation is 2. The first-order chi connectivity index (χ1) is 17.9. The summed E-state index contributed by atoms with van der Waals surface area (Å²) in [6.45, 7) is 4.74. The third-order valence-electron chi connectivity index (χ3n) is 5.43. The van der Waals surface area contributed by atoms with Crippen LogP contribution in [0.1, 0.15) is 22.3 Å². The molecular formula is C27H22ClN5O3S. The van der Waals surface area contributed by atoms with Gasteiger partial charge in [-0.05, 0) is 84.8 Å². The largest absolute Gasteiger partial charge is 0.490 e. The minimum Gasteiger partial charge on any atom is -0.490 e. The van der Waals surface area contributed by atoms with Gasteiger partial charge in [-0.3, -0.25) is 15.2 Å². The van der Waals surface area contributed by atoms with Crippen molar-refractivity contribution >= 4 is 51.4 Å². The van der Waals surface area contributed by atoms with Gasteiger partial charge in [-0.25, -0.2) is 0 Å². The maximum absolute atomic E-state index is 12.7. The highest BCUT2D eigenvalue weighted by Crippen LogP contribution is 2.32. The molecule has 0 fully saturated rings. The van der Waals surface area contributed by atoms with Gasteiger partial charge in [-0.1, -0.05) is 23.7 Å². The molecule has 0 saturated carbocycles. The number of amides is 1. The van der Waals surface area contributed by atoms with Crippen LogP contribution in [0.15, 0.2) is 76.6 Å². The van der Waals surface area contributed by atoms with E-state index in [1.54, 1.807) is 42.7 Å². The number of thioether (sulfide) groups is 1. The Morgan fingerprint density at radius 1 is 1.08 bits per heavy atom. The van der Waals surface area contributed by atoms with Crippen LogP contribution < -0.4 is 9.47 Å². The van der Waals surface area contributed by atoms with E-state index in [4.69, 9.17) is 26.5 Å². The van der Waals surface area contributed by atoms with Crippen molar-refractivity contribution in [1.29, 1.82) is 5.41 Å². The molecule has 0 atom stereocenters. The molecular weight excluding hydrogens is 510 g/mol. The summed E-state index contributed by atoms with van der Waals surface area (Å²) < 4.78 is 11.6. The zero-order valence-corrected chi connectivity index (χ0v) is 21.6. The molecule has 0 unspecified atom stereocenters. The molecule has 0 radical (unpaired) electrons. The summed E-state index contributed by atoms with van der Waals surface area (Å²) in [6, 6.07) is 14.9. The molecule has 0 bridgehead atoms. The molecule has 2 aliphatic rings. The number of ether oxygens (including phenoxy) is 2. The molecule has 2 aliphatic heterocycles. The highest BCUT2D eigenvalue weighted by molar-refractivity contribution is 8.27. The van der Waals surface area contributed by atoms with Crippen LogP contribution in [-0.2, 0) is 4.79 Å². The molecule has 10 heteroatoms. The number of aliphatic imine (C=N–C) groups is 1. The number of fused-ring (bicyclic) bond motifs is 1. The Morgan fingerprint density at radius 2 is 1.86 bits per heavy atom. The summed E-state index contributed by atoms with van der Waals surface area (Å²) >= 11 is 7.66. The molecule has 3 heterocycles. The van der Waals surface area contributed by atoms with E-state index in [1.165, 1.54) is 16.8 Å². The molecule has 1 N–H and O–H groups in total. The van der Waals surface area contributed by atoms with E-state index in [-0.39, 0.29) is 11.4 Å². The first-order valence-corrected chi connectivity index (χ1v) is 12.6. The normalized spacial score (nSPS) is 16.0. The van der Waals surface area contributed by atoms with Crippen LogP contribution in [0.5, 0.6) is 11.5 Å². The van der Waals surface area contributed by atoms with Crippen molar-refractivity contribution in [2.24, 2.45) is 10.1 Å². The summed E-state index contributed by atoms with van der Waals surface area (Å²) in [5, 5.41) is 15.7. The monoisotopic (exact) mass is 531 g/mol. The van der Waals surface area contributed by atoms with Gasteiger partial charge in [0.05, 0.1) is 10.6 Å². The van der Waals surface area contributed by atoms with E-state index >= 15 is 0 Å². The molecule has 1 amide bonds. The van der Waals surface area contributed by atoms with E-state index in [2.05, 4.69) is 21.1 Å². The highest BCUT2D eigenvalue weighted by Gasteiger charge is 2.36. The second-order valence-corrected chi connectivity index (χ2v) is 9.74. The van der Waals surface area contributed by atoms with E-state index in [0.29, 0.717) is 39.8 Å². The van der Waals surface area contributed by atoms with Crippen molar-refractivity contribution in [3.05, 3.63) is 93.8 Å². The summed E-state index contributed by atoms with van der Waals surface area (Å²) in [7, 11) is 0. The molecule has 2 aromatic carbocycles. The molecule has 37 heavy (non-hydrogen) atoms. The number of rotatable bonds is 7. The lowest BCUT2D eigenvalue weighted by molar-refractivity contribution is -0.114. The first kappa shape index (κ1) is 24.7. The van der Waals surface area contributed by atoms with Gasteiger partial charge >= 0.3 is 0 Å². The van der Waals surface area contributed by atoms with E-state index < -0.39 is 5.91 Å². The standard InChI is InChI=1S/C27H22ClN5O3S/c1-16-10-17(2)12-20(11-16)35-8-9-36-23-6-5-18(14-22(23)28)13-21-24(29)33-27(31-25(21)34)37-26(32-33)19-4-3-7-30-15-19/h3-7,10-15,29H,8-9H2,1-2H3/b21-13-,29-24?. The van der Waals surface area contributed by atoms with Crippen molar-refractivity contribution in [2.45, 2.75) is 13.8 Å². The number of nitrogens with one attached hydrogen (secondary N) is 1. The first-order valence-electron chi connectivity index (χ1n) is 11.4. The van der Waals surface area contributed by atoms with Gasteiger partial charge in [-0.2, -0.15) is 15.1 Å². The number of carbonyl (C=O) groups excluding carboxylic acids is 1. The number of amidine groups is 2. The lowest BCUT2D eigenvalue weighted by Gasteiger charge is -2.20. The van der Waals surface area contributed by atoms with Crippen molar-refractivity contribution in [3.8, 4) is 11.5 Å². The van der Waals surface area contributed by atoms with Crippen LogP contribution >= 0.6 is 23.4 Å². The molecule has 8 nitrogen and oxygen atoms in total. The molecule has 186 valence electrons. The fraction of sp³-hybridized carbons (Fsp3) is 0.148. The topological polar surface area (TPSA) is 100 Å². The van der Waals surface area contributed by atoms with Crippen molar-refractivity contribution in [3.63, 3.8) is 0 Å². The Hall–Kier alpha value is -3.95. The van der Waals surface area contributed by atoms with Crippen molar-refractivity contribution < 1.29 is 14.3 Å². The average Bonchev–Trinajstić information content (AvgIpc) is 3.30. The third kappa shape index (κ3) is 5.58. The highest BCUT2D eigenvalue weighted by atomic mass is 35.5. The molecule has 0 spiro atoms. The van der Waals surface area contributed by atoms with Gasteiger partial charge in [0.2, 0.25) is 5.17 Å². The summed E-state index contributed by atoms with van der Waals surface area (Å²) in [4.78, 5) is 20.9. The van der Waals surface area contributed by atoms with Gasteiger partial charge in [0.25, 0.3) is 5.91 Å². The van der Waals surface area contributed by atoms with Gasteiger partial charge in [0.15, 0.2) is 5.84 Å². The molecule has 3 aromatic rings. The number of aromatic nitrogens is 1. The van der Waals surface area contributed by atoms with Gasteiger partial charge in [0, 0.05) is 18.0 Å². The minimum absolute atomic E-state index is 0.0543. The number of hydrogen-bond acceptors (Lipinski definition) is 7. The van der Waals surface area contributed by atoms with Gasteiger partial charge < -0.3 is 9.47 Å². The maximum atomic E-state index is 12.7. The second-order valence-electron chi connectivity index (χ2n) is 8.38. The van der Waals surface area contributed by atoms with Crippen LogP contribution in [0.3, 0.4) is 0 Å². The number of pyridine rings is 1. The number of hydrogen-bond donors (Lipinski definition) is 1. The van der Waals surface area contributed by atoms with Gasteiger partial charge in [-0.15, -0.1) is 0 Å². The van der Waals surface area contributed by atoms with Crippen LogP contribution in [0.25, 0.3) is 6.08 Å². The minimum atomic E-state index is -0.508. The zero-order chi connectivity index (χ0) is 25.9. The fourth-order valence-electron chi connectivity index (χ4n) is 3.82. The predicted molar refractivity (Wildman–Crippen MR) is 147 cm³/mol. The maximum Gasteiger partial charge on any atom is 0.283 e. The quantitative estimate of drug-likeness (QED) is 0.320. The number of halogens is 1. The molecule has 0 saturated heterocycles. The predicted octanol–water partition coefficient (Wildman–Crippen LogP) is 5.48. The zero-order valence-electron chi connectivity index (χ0n) is 20.1. The Balaban J connectivity index is 1.25. The number of carbonyl (C=O) groups is 1. The Bertz CT molecular complexity index is 1470. The van der Waals surface area contributed by atoms with Gasteiger partial charge in [0.1, 0.15) is 29.8 Å². The van der Waals surface area contributed by atoms with Crippen LogP contribution in [0, 0.1) is 19.3 Å². The summed E-state index contributed by atoms with van der Waals surface area (Å²) in [6.07, 6.45) is 4.92. The smallest absolute Gasteiger partial charge is 0.283 e. The average molecular weight is 532 g/mol. The molecule has 5 rings (SSSR count). The van der Waals surface area contributed by atoms with Crippen molar-refractivity contribution in [1.82, 2.24) is 9.99 Å². The van der Waals surface area contributed by atoms with E-state index in [1.807, 2.05) is 32.0 Å². The number of benzene rings is 2. The lowest BCUT2D eigenvalue weighted by Crippen LogP contribution is -2.35. The SMILES string of the molecule is Cc1cc(C)cc(OCCOc2ccc(/C=C3/C(=N)N4N=C(c5cccnc5)SC4=NC3=O)cc2Cl)c1.